The number of nitrogens with zero attached hydrogens (tertiary/aromatic N) is 1. The standard InChI is InChI=1S/C19H19NO3/c21-19(15-7-2-1-3-8-15)22-14-16-9-4-5-11-18(16)23-17-10-6-12-20-13-17/h1-2,4-6,9-13,15H,3,7-8,14H2. The van der Waals surface area contributed by atoms with Crippen molar-refractivity contribution in [3.8, 4) is 11.5 Å². The van der Waals surface area contributed by atoms with Gasteiger partial charge in [-0.15, -0.1) is 0 Å². The average Bonchev–Trinajstić information content (AvgIpc) is 2.62. The predicted octanol–water partition coefficient (Wildman–Crippen LogP) is 4.27. The molecule has 1 aliphatic carbocycles. The molecule has 1 aromatic heterocycles. The monoisotopic (exact) mass is 309 g/mol. The molecule has 4 heteroatoms. The molecule has 1 aliphatic rings. The van der Waals surface area contributed by atoms with Gasteiger partial charge in [-0.05, 0) is 37.5 Å². The molecule has 0 N–H and O–H groups in total. The van der Waals surface area contributed by atoms with Gasteiger partial charge in [0, 0.05) is 11.8 Å². The van der Waals surface area contributed by atoms with E-state index >= 15 is 0 Å². The van der Waals surface area contributed by atoms with Crippen molar-refractivity contribution in [3.63, 3.8) is 0 Å². The Bertz CT molecular complexity index is 682. The summed E-state index contributed by atoms with van der Waals surface area (Å²) in [6.07, 6.45) is 10.1. The molecule has 0 radical (unpaired) electrons. The molecule has 1 heterocycles. The molecule has 1 aromatic carbocycles. The second-order valence-electron chi connectivity index (χ2n) is 5.49. The van der Waals surface area contributed by atoms with Crippen molar-refractivity contribution in [1.29, 1.82) is 0 Å². The van der Waals surface area contributed by atoms with Crippen molar-refractivity contribution in [2.24, 2.45) is 5.92 Å². The van der Waals surface area contributed by atoms with Crippen molar-refractivity contribution < 1.29 is 14.3 Å². The van der Waals surface area contributed by atoms with Crippen molar-refractivity contribution in [2.45, 2.75) is 25.9 Å². The van der Waals surface area contributed by atoms with Crippen LogP contribution < -0.4 is 4.74 Å². The number of para-hydroxylation sites is 1. The van der Waals surface area contributed by atoms with Crippen LogP contribution in [0.1, 0.15) is 24.8 Å². The number of hydrogen-bond acceptors (Lipinski definition) is 4. The molecular formula is C19H19NO3. The highest BCUT2D eigenvalue weighted by molar-refractivity contribution is 5.72. The van der Waals surface area contributed by atoms with Gasteiger partial charge in [0.1, 0.15) is 18.1 Å². The van der Waals surface area contributed by atoms with Gasteiger partial charge in [0.25, 0.3) is 0 Å². The Labute approximate surface area is 135 Å². The number of aromatic nitrogens is 1. The number of rotatable bonds is 5. The van der Waals surface area contributed by atoms with Gasteiger partial charge < -0.3 is 9.47 Å². The topological polar surface area (TPSA) is 48.4 Å². The maximum absolute atomic E-state index is 12.1. The third-order valence-electron chi connectivity index (χ3n) is 3.81. The van der Waals surface area contributed by atoms with Gasteiger partial charge in [-0.1, -0.05) is 30.4 Å². The second kappa shape index (κ2) is 7.58. The fourth-order valence-electron chi connectivity index (χ4n) is 2.53. The number of esters is 1. The van der Waals surface area contributed by atoms with Crippen LogP contribution in [0.3, 0.4) is 0 Å². The molecule has 0 amide bonds. The summed E-state index contributed by atoms with van der Waals surface area (Å²) >= 11 is 0. The maximum Gasteiger partial charge on any atom is 0.309 e. The molecule has 1 atom stereocenters. The van der Waals surface area contributed by atoms with Crippen LogP contribution in [0.15, 0.2) is 60.9 Å². The van der Waals surface area contributed by atoms with Gasteiger partial charge in [-0.3, -0.25) is 9.78 Å². The molecule has 0 spiro atoms. The summed E-state index contributed by atoms with van der Waals surface area (Å²) < 4.78 is 11.3. The van der Waals surface area contributed by atoms with E-state index in [9.17, 15) is 4.79 Å². The Morgan fingerprint density at radius 3 is 2.87 bits per heavy atom. The summed E-state index contributed by atoms with van der Waals surface area (Å²) in [7, 11) is 0. The highest BCUT2D eigenvalue weighted by Crippen LogP contribution is 2.26. The molecule has 0 saturated heterocycles. The Balaban J connectivity index is 1.63. The number of benzene rings is 1. The number of carbonyl (C=O) groups excluding carboxylic acids is 1. The van der Waals surface area contributed by atoms with Crippen LogP contribution in [0.5, 0.6) is 11.5 Å². The van der Waals surface area contributed by atoms with Gasteiger partial charge in [0.2, 0.25) is 0 Å². The first kappa shape index (κ1) is 15.3. The Morgan fingerprint density at radius 1 is 1.17 bits per heavy atom. The van der Waals surface area contributed by atoms with E-state index in [4.69, 9.17) is 9.47 Å². The molecule has 23 heavy (non-hydrogen) atoms. The Kier molecular flexibility index (Phi) is 5.04. The van der Waals surface area contributed by atoms with E-state index in [0.717, 1.165) is 24.8 Å². The van der Waals surface area contributed by atoms with E-state index in [1.807, 2.05) is 36.4 Å². The maximum atomic E-state index is 12.1. The molecule has 2 aromatic rings. The van der Waals surface area contributed by atoms with E-state index in [1.165, 1.54) is 0 Å². The molecule has 4 nitrogen and oxygen atoms in total. The van der Waals surface area contributed by atoms with Gasteiger partial charge in [0.15, 0.2) is 0 Å². The highest BCUT2D eigenvalue weighted by atomic mass is 16.5. The van der Waals surface area contributed by atoms with Crippen LogP contribution in [0.4, 0.5) is 0 Å². The van der Waals surface area contributed by atoms with E-state index in [2.05, 4.69) is 17.1 Å². The van der Waals surface area contributed by atoms with Gasteiger partial charge in [-0.25, -0.2) is 0 Å². The highest BCUT2D eigenvalue weighted by Gasteiger charge is 2.20. The zero-order valence-electron chi connectivity index (χ0n) is 12.9. The summed E-state index contributed by atoms with van der Waals surface area (Å²) in [5, 5.41) is 0. The lowest BCUT2D eigenvalue weighted by Gasteiger charge is -2.17. The molecule has 0 fully saturated rings. The van der Waals surface area contributed by atoms with Crippen molar-refractivity contribution in [1.82, 2.24) is 4.98 Å². The summed E-state index contributed by atoms with van der Waals surface area (Å²) in [5.41, 5.74) is 0.844. The minimum absolute atomic E-state index is 0.0218. The SMILES string of the molecule is O=C(OCc1ccccc1Oc1cccnc1)C1CC=CCC1. The normalized spacial score (nSPS) is 16.8. The molecule has 1 unspecified atom stereocenters. The zero-order valence-corrected chi connectivity index (χ0v) is 12.9. The van der Waals surface area contributed by atoms with Crippen LogP contribution in [0.25, 0.3) is 0 Å². The van der Waals surface area contributed by atoms with Crippen LogP contribution in [-0.4, -0.2) is 11.0 Å². The average molecular weight is 309 g/mol. The first-order chi connectivity index (χ1) is 11.3. The molecule has 0 bridgehead atoms. The van der Waals surface area contributed by atoms with E-state index in [1.54, 1.807) is 12.4 Å². The van der Waals surface area contributed by atoms with Crippen molar-refractivity contribution in [3.05, 3.63) is 66.5 Å². The van der Waals surface area contributed by atoms with Gasteiger partial charge in [-0.2, -0.15) is 0 Å². The van der Waals surface area contributed by atoms with Crippen LogP contribution >= 0.6 is 0 Å². The second-order valence-corrected chi connectivity index (χ2v) is 5.49. The van der Waals surface area contributed by atoms with Gasteiger partial charge in [0.05, 0.1) is 12.1 Å². The minimum Gasteiger partial charge on any atom is -0.460 e. The van der Waals surface area contributed by atoms with E-state index in [-0.39, 0.29) is 18.5 Å². The zero-order chi connectivity index (χ0) is 15.9. The van der Waals surface area contributed by atoms with Crippen molar-refractivity contribution in [2.75, 3.05) is 0 Å². The molecule has 3 rings (SSSR count). The molecule has 0 aliphatic heterocycles. The number of ether oxygens (including phenoxy) is 2. The summed E-state index contributed by atoms with van der Waals surface area (Å²) in [6.45, 7) is 0.218. The quantitative estimate of drug-likeness (QED) is 0.611. The molecular weight excluding hydrogens is 290 g/mol. The number of carbonyl (C=O) groups is 1. The Morgan fingerprint density at radius 2 is 2.09 bits per heavy atom. The summed E-state index contributed by atoms with van der Waals surface area (Å²) in [4.78, 5) is 16.2. The summed E-state index contributed by atoms with van der Waals surface area (Å²) in [5.74, 6) is 1.18. The predicted molar refractivity (Wildman–Crippen MR) is 87.0 cm³/mol. The first-order valence-electron chi connectivity index (χ1n) is 7.80. The molecule has 0 saturated carbocycles. The minimum atomic E-state index is -0.134. The number of allylic oxidation sites excluding steroid dienone is 2. The van der Waals surface area contributed by atoms with E-state index in [0.29, 0.717) is 11.5 Å². The molecule has 118 valence electrons. The first-order valence-corrected chi connectivity index (χ1v) is 7.80. The lowest BCUT2D eigenvalue weighted by atomic mass is 9.95. The summed E-state index contributed by atoms with van der Waals surface area (Å²) in [6, 6.07) is 11.2. The number of pyridine rings is 1. The van der Waals surface area contributed by atoms with E-state index < -0.39 is 0 Å². The number of hydrogen-bond donors (Lipinski definition) is 0. The Hall–Kier alpha value is -2.62. The third-order valence-corrected chi connectivity index (χ3v) is 3.81. The largest absolute Gasteiger partial charge is 0.460 e. The van der Waals surface area contributed by atoms with Crippen molar-refractivity contribution >= 4 is 5.97 Å². The lowest BCUT2D eigenvalue weighted by Crippen LogP contribution is -2.18. The fraction of sp³-hybridized carbons (Fsp3) is 0.263. The smallest absolute Gasteiger partial charge is 0.309 e. The van der Waals surface area contributed by atoms with Crippen LogP contribution in [-0.2, 0) is 16.1 Å². The van der Waals surface area contributed by atoms with Gasteiger partial charge >= 0.3 is 5.97 Å². The third kappa shape index (κ3) is 4.19. The fourth-order valence-corrected chi connectivity index (χ4v) is 2.53. The van der Waals surface area contributed by atoms with Crippen LogP contribution in [0, 0.1) is 5.92 Å². The van der Waals surface area contributed by atoms with Crippen LogP contribution in [0.2, 0.25) is 0 Å². The lowest BCUT2D eigenvalue weighted by molar-refractivity contribution is -0.150.